The van der Waals surface area contributed by atoms with Crippen LogP contribution in [0.1, 0.15) is 12.8 Å². The van der Waals surface area contributed by atoms with E-state index in [1.807, 2.05) is 6.33 Å². The molecule has 0 aliphatic carbocycles. The minimum absolute atomic E-state index is 0.273. The number of aromatic nitrogens is 4. The molecule has 5 rings (SSSR count). The Hall–Kier alpha value is -2.67. The van der Waals surface area contributed by atoms with Gasteiger partial charge in [-0.05, 0) is 25.0 Å². The number of benzene rings is 1. The Kier molecular flexibility index (Phi) is 4.37. The zero-order valence-corrected chi connectivity index (χ0v) is 15.4. The number of hydrogen-bond donors (Lipinski definition) is 0. The quantitative estimate of drug-likeness (QED) is 0.708. The Morgan fingerprint density at radius 1 is 0.963 bits per heavy atom. The maximum absolute atomic E-state index is 5.77. The van der Waals surface area contributed by atoms with Crippen molar-refractivity contribution in [3.63, 3.8) is 0 Å². The van der Waals surface area contributed by atoms with E-state index >= 15 is 0 Å². The Bertz CT molecular complexity index is 897. The van der Waals surface area contributed by atoms with Crippen LogP contribution in [0.25, 0.3) is 11.2 Å². The second kappa shape index (κ2) is 7.15. The highest BCUT2D eigenvalue weighted by atomic mass is 16.5. The number of anilines is 2. The highest BCUT2D eigenvalue weighted by molar-refractivity contribution is 5.83. The van der Waals surface area contributed by atoms with Crippen LogP contribution < -0.4 is 9.80 Å². The molecule has 1 atom stereocenters. The van der Waals surface area contributed by atoms with Crippen LogP contribution in [0.2, 0.25) is 0 Å². The lowest BCUT2D eigenvalue weighted by Crippen LogP contribution is -2.46. The van der Waals surface area contributed by atoms with Gasteiger partial charge in [0.1, 0.15) is 6.33 Å². The van der Waals surface area contributed by atoms with Crippen LogP contribution in [0.5, 0.6) is 0 Å². The zero-order chi connectivity index (χ0) is 18.1. The van der Waals surface area contributed by atoms with E-state index in [4.69, 9.17) is 4.74 Å². The maximum Gasteiger partial charge on any atom is 0.165 e. The summed E-state index contributed by atoms with van der Waals surface area (Å²) in [5.41, 5.74) is 3.08. The summed E-state index contributed by atoms with van der Waals surface area (Å²) in [6.45, 7) is 5.50. The molecule has 0 bridgehead atoms. The van der Waals surface area contributed by atoms with Gasteiger partial charge in [-0.3, -0.25) is 0 Å². The predicted octanol–water partition coefficient (Wildman–Crippen LogP) is 2.33. The minimum atomic E-state index is 0.273. The van der Waals surface area contributed by atoms with Crippen molar-refractivity contribution in [2.45, 2.75) is 25.5 Å². The molecule has 0 radical (unpaired) electrons. The van der Waals surface area contributed by atoms with Crippen molar-refractivity contribution in [2.24, 2.45) is 0 Å². The molecule has 2 fully saturated rings. The van der Waals surface area contributed by atoms with Crippen LogP contribution in [-0.4, -0.2) is 58.4 Å². The van der Waals surface area contributed by atoms with Gasteiger partial charge < -0.3 is 19.1 Å². The number of hydrogen-bond acceptors (Lipinski definition) is 6. The molecule has 7 nitrogen and oxygen atoms in total. The first-order valence-electron chi connectivity index (χ1n) is 9.71. The molecular formula is C20H24N6O. The SMILES string of the molecule is c1ccc(N2CCN(c3ncnc4c3ncn4CC3CCCO3)CC2)cc1. The molecule has 2 aliphatic heterocycles. The van der Waals surface area contributed by atoms with Crippen LogP contribution in [0.15, 0.2) is 43.0 Å². The standard InChI is InChI=1S/C20H24N6O/c1-2-5-16(6-3-1)24-8-10-25(11-9-24)19-18-20(22-14-21-19)26(15-23-18)13-17-7-4-12-27-17/h1-3,5-6,14-15,17H,4,7-13H2. The number of imidazole rings is 1. The summed E-state index contributed by atoms with van der Waals surface area (Å²) in [4.78, 5) is 18.4. The van der Waals surface area contributed by atoms with E-state index in [9.17, 15) is 0 Å². The van der Waals surface area contributed by atoms with Crippen molar-refractivity contribution in [2.75, 3.05) is 42.6 Å². The average Bonchev–Trinajstić information content (AvgIpc) is 3.39. The van der Waals surface area contributed by atoms with Crippen molar-refractivity contribution in [1.29, 1.82) is 0 Å². The lowest BCUT2D eigenvalue weighted by Gasteiger charge is -2.36. The molecular weight excluding hydrogens is 340 g/mol. The smallest absolute Gasteiger partial charge is 0.165 e. The highest BCUT2D eigenvalue weighted by Crippen LogP contribution is 2.25. The second-order valence-corrected chi connectivity index (χ2v) is 7.21. The van der Waals surface area contributed by atoms with Crippen LogP contribution in [0.3, 0.4) is 0 Å². The van der Waals surface area contributed by atoms with Crippen molar-refractivity contribution in [3.05, 3.63) is 43.0 Å². The first-order chi connectivity index (χ1) is 13.4. The van der Waals surface area contributed by atoms with Crippen molar-refractivity contribution < 1.29 is 4.74 Å². The average molecular weight is 364 g/mol. The van der Waals surface area contributed by atoms with Gasteiger partial charge in [-0.1, -0.05) is 18.2 Å². The van der Waals surface area contributed by atoms with Crippen LogP contribution in [0.4, 0.5) is 11.5 Å². The molecule has 2 aliphatic rings. The monoisotopic (exact) mass is 364 g/mol. The Morgan fingerprint density at radius 2 is 1.78 bits per heavy atom. The molecule has 0 amide bonds. The van der Waals surface area contributed by atoms with Gasteiger partial charge in [0.25, 0.3) is 0 Å². The Morgan fingerprint density at radius 3 is 2.56 bits per heavy atom. The number of ether oxygens (including phenoxy) is 1. The van der Waals surface area contributed by atoms with E-state index in [0.29, 0.717) is 0 Å². The number of fused-ring (bicyclic) bond motifs is 1. The molecule has 0 N–H and O–H groups in total. The summed E-state index contributed by atoms with van der Waals surface area (Å²) < 4.78 is 7.88. The van der Waals surface area contributed by atoms with E-state index in [2.05, 4.69) is 59.7 Å². The number of rotatable bonds is 4. The van der Waals surface area contributed by atoms with Crippen LogP contribution in [-0.2, 0) is 11.3 Å². The summed E-state index contributed by atoms with van der Waals surface area (Å²) in [5, 5.41) is 0. The molecule has 140 valence electrons. The van der Waals surface area contributed by atoms with E-state index in [0.717, 1.165) is 69.2 Å². The molecule has 1 aromatic carbocycles. The Labute approximate surface area is 158 Å². The largest absolute Gasteiger partial charge is 0.376 e. The number of para-hydroxylation sites is 1. The predicted molar refractivity (Wildman–Crippen MR) is 105 cm³/mol. The first kappa shape index (κ1) is 16.5. The van der Waals surface area contributed by atoms with Gasteiger partial charge in [-0.2, -0.15) is 0 Å². The number of piperazine rings is 1. The lowest BCUT2D eigenvalue weighted by atomic mass is 10.2. The summed E-state index contributed by atoms with van der Waals surface area (Å²) >= 11 is 0. The lowest BCUT2D eigenvalue weighted by molar-refractivity contribution is 0.0978. The Balaban J connectivity index is 1.34. The van der Waals surface area contributed by atoms with Crippen LogP contribution in [0, 0.1) is 0 Å². The third kappa shape index (κ3) is 3.23. The minimum Gasteiger partial charge on any atom is -0.376 e. The van der Waals surface area contributed by atoms with Crippen molar-refractivity contribution in [1.82, 2.24) is 19.5 Å². The molecule has 3 aromatic rings. The van der Waals surface area contributed by atoms with E-state index in [-0.39, 0.29) is 6.10 Å². The summed E-state index contributed by atoms with van der Waals surface area (Å²) in [5.74, 6) is 0.943. The van der Waals surface area contributed by atoms with Crippen molar-refractivity contribution >= 4 is 22.7 Å². The molecule has 7 heteroatoms. The second-order valence-electron chi connectivity index (χ2n) is 7.21. The summed E-state index contributed by atoms with van der Waals surface area (Å²) in [7, 11) is 0. The van der Waals surface area contributed by atoms with Gasteiger partial charge in [0.2, 0.25) is 0 Å². The van der Waals surface area contributed by atoms with Crippen molar-refractivity contribution in [3.8, 4) is 0 Å². The van der Waals surface area contributed by atoms with E-state index in [1.54, 1.807) is 6.33 Å². The first-order valence-corrected chi connectivity index (χ1v) is 9.71. The highest BCUT2D eigenvalue weighted by Gasteiger charge is 2.23. The fraction of sp³-hybridized carbons (Fsp3) is 0.450. The van der Waals surface area contributed by atoms with E-state index in [1.165, 1.54) is 5.69 Å². The molecule has 4 heterocycles. The number of nitrogens with zero attached hydrogens (tertiary/aromatic N) is 6. The third-order valence-electron chi connectivity index (χ3n) is 5.51. The van der Waals surface area contributed by atoms with Gasteiger partial charge in [-0.25, -0.2) is 15.0 Å². The molecule has 2 saturated heterocycles. The van der Waals surface area contributed by atoms with E-state index < -0.39 is 0 Å². The normalized spacial score (nSPS) is 20.5. The fourth-order valence-electron chi connectivity index (χ4n) is 4.06. The molecule has 1 unspecified atom stereocenters. The van der Waals surface area contributed by atoms with Gasteiger partial charge in [0.05, 0.1) is 19.0 Å². The topological polar surface area (TPSA) is 59.3 Å². The summed E-state index contributed by atoms with van der Waals surface area (Å²) in [6, 6.07) is 10.6. The summed E-state index contributed by atoms with van der Waals surface area (Å²) in [6.07, 6.45) is 6.07. The molecule has 27 heavy (non-hydrogen) atoms. The fourth-order valence-corrected chi connectivity index (χ4v) is 4.06. The molecule has 0 saturated carbocycles. The van der Waals surface area contributed by atoms with Gasteiger partial charge in [0, 0.05) is 38.5 Å². The third-order valence-corrected chi connectivity index (χ3v) is 5.51. The molecule has 2 aromatic heterocycles. The van der Waals surface area contributed by atoms with Gasteiger partial charge in [0.15, 0.2) is 17.0 Å². The van der Waals surface area contributed by atoms with Gasteiger partial charge in [-0.15, -0.1) is 0 Å². The zero-order valence-electron chi connectivity index (χ0n) is 15.4. The molecule has 0 spiro atoms. The van der Waals surface area contributed by atoms with Gasteiger partial charge >= 0.3 is 0 Å². The maximum atomic E-state index is 5.77. The van der Waals surface area contributed by atoms with Crippen LogP contribution >= 0.6 is 0 Å².